The van der Waals surface area contributed by atoms with Gasteiger partial charge in [-0.25, -0.2) is 0 Å². The van der Waals surface area contributed by atoms with Crippen LogP contribution in [0.4, 0.5) is 5.69 Å². The third-order valence-corrected chi connectivity index (χ3v) is 17.4. The summed E-state index contributed by atoms with van der Waals surface area (Å²) >= 11 is 0. The summed E-state index contributed by atoms with van der Waals surface area (Å²) in [6.45, 7) is 13.2. The number of nitrogens with one attached hydrogen (secondary N) is 1. The zero-order chi connectivity index (χ0) is 41.7. The number of anilines is 1. The van der Waals surface area contributed by atoms with Crippen molar-refractivity contribution in [3.8, 4) is 5.75 Å². The van der Waals surface area contributed by atoms with E-state index in [2.05, 4.69) is 45.1 Å². The van der Waals surface area contributed by atoms with Crippen molar-refractivity contribution in [2.75, 3.05) is 19.4 Å². The van der Waals surface area contributed by atoms with Gasteiger partial charge in [0.1, 0.15) is 17.6 Å². The fourth-order valence-electron chi connectivity index (χ4n) is 15.2. The minimum atomic E-state index is -0.845. The monoisotopic (exact) mass is 797 g/mol. The second kappa shape index (κ2) is 14.5. The first kappa shape index (κ1) is 41.6. The molecule has 2 aromatic rings. The third kappa shape index (κ3) is 6.18. The van der Waals surface area contributed by atoms with Gasteiger partial charge in [0.05, 0.1) is 17.8 Å². The fourth-order valence-corrected chi connectivity index (χ4v) is 15.2. The van der Waals surface area contributed by atoms with Crippen molar-refractivity contribution in [2.45, 2.75) is 148 Å². The third-order valence-electron chi connectivity index (χ3n) is 17.4. The smallest absolute Gasteiger partial charge is 0.159 e. The average molecular weight is 797 g/mol. The van der Waals surface area contributed by atoms with Crippen molar-refractivity contribution in [1.29, 1.82) is 0 Å². The molecule has 8 rings (SSSR count). The van der Waals surface area contributed by atoms with Crippen LogP contribution in [0.1, 0.15) is 134 Å². The summed E-state index contributed by atoms with van der Waals surface area (Å²) < 4.78 is 6.45. The summed E-state index contributed by atoms with van der Waals surface area (Å²) in [5.41, 5.74) is 8.88. The molecule has 58 heavy (non-hydrogen) atoms. The summed E-state index contributed by atoms with van der Waals surface area (Å²) in [7, 11) is 1.86. The summed E-state index contributed by atoms with van der Waals surface area (Å²) in [6, 6.07) is 13.6. The van der Waals surface area contributed by atoms with E-state index >= 15 is 0 Å². The summed E-state index contributed by atoms with van der Waals surface area (Å²) in [6.07, 6.45) is 5.04. The number of nitrogens with two attached hydrogens (primary N) is 1. The number of phenols is 1. The highest BCUT2D eigenvalue weighted by molar-refractivity contribution is 6.00. The van der Waals surface area contributed by atoms with Crippen LogP contribution in [0.3, 0.4) is 0 Å². The fraction of sp³-hybridized carbons (Fsp3) is 0.673. The highest BCUT2D eigenvalue weighted by Gasteiger charge is 2.72. The Morgan fingerprint density at radius 2 is 1.76 bits per heavy atom. The molecule has 0 radical (unpaired) electrons. The van der Waals surface area contributed by atoms with Gasteiger partial charge in [-0.3, -0.25) is 9.59 Å². The van der Waals surface area contributed by atoms with Crippen LogP contribution in [0.5, 0.6) is 5.75 Å². The van der Waals surface area contributed by atoms with Gasteiger partial charge in [-0.1, -0.05) is 64.8 Å². The van der Waals surface area contributed by atoms with Crippen LogP contribution in [0.2, 0.25) is 0 Å². The Morgan fingerprint density at radius 1 is 1.00 bits per heavy atom. The molecular weight excluding hydrogens is 729 g/mol. The zero-order valence-electron chi connectivity index (χ0n) is 35.8. The number of carbonyl (C=O) groups excluding carboxylic acids is 2. The van der Waals surface area contributed by atoms with Crippen LogP contribution in [0.25, 0.3) is 0 Å². The number of hydrogen-bond donors (Lipinski definition) is 6. The molecule has 2 aromatic carbocycles. The summed E-state index contributed by atoms with van der Waals surface area (Å²) in [4.78, 5) is 29.1. The molecule has 0 bridgehead atoms. The van der Waals surface area contributed by atoms with Crippen LogP contribution in [0.15, 0.2) is 53.6 Å². The van der Waals surface area contributed by atoms with Gasteiger partial charge in [0, 0.05) is 47.9 Å². The number of epoxide rings is 1. The lowest BCUT2D eigenvalue weighted by Crippen LogP contribution is -2.68. The van der Waals surface area contributed by atoms with E-state index in [-0.39, 0.29) is 53.7 Å². The number of benzene rings is 2. The number of aliphatic hydroxyl groups is 3. The lowest BCUT2D eigenvalue weighted by Gasteiger charge is -2.70. The number of ether oxygens (including phenoxy) is 1. The number of allylic oxidation sites excluding steroid dienone is 2. The maximum Gasteiger partial charge on any atom is 0.159 e. The molecule has 1 heterocycles. The van der Waals surface area contributed by atoms with Crippen LogP contribution in [-0.2, 0) is 20.9 Å². The van der Waals surface area contributed by atoms with Crippen LogP contribution in [-0.4, -0.2) is 69.6 Å². The highest BCUT2D eigenvalue weighted by Crippen LogP contribution is 2.76. The molecule has 5 fully saturated rings. The van der Waals surface area contributed by atoms with Crippen LogP contribution >= 0.6 is 0 Å². The van der Waals surface area contributed by atoms with Gasteiger partial charge in [-0.2, -0.15) is 0 Å². The Balaban J connectivity index is 1.09. The molecule has 316 valence electrons. The van der Waals surface area contributed by atoms with Crippen molar-refractivity contribution >= 4 is 17.3 Å². The number of rotatable bonds is 11. The van der Waals surface area contributed by atoms with Crippen molar-refractivity contribution in [3.05, 3.63) is 70.3 Å². The second-order valence-corrected chi connectivity index (χ2v) is 20.8. The molecule has 0 amide bonds. The first-order chi connectivity index (χ1) is 27.4. The van der Waals surface area contributed by atoms with E-state index in [1.807, 2.05) is 39.1 Å². The maximum atomic E-state index is 14.6. The molecule has 0 spiro atoms. The molecule has 13 unspecified atom stereocenters. The van der Waals surface area contributed by atoms with Crippen molar-refractivity contribution < 1.29 is 34.8 Å². The number of ketones is 2. The molecule has 5 aliphatic carbocycles. The van der Waals surface area contributed by atoms with Gasteiger partial charge in [0.2, 0.25) is 0 Å². The minimum Gasteiger partial charge on any atom is -0.508 e. The van der Waals surface area contributed by atoms with Gasteiger partial charge < -0.3 is 36.2 Å². The Kier molecular flexibility index (Phi) is 10.4. The van der Waals surface area contributed by atoms with E-state index in [9.17, 15) is 30.0 Å². The number of aromatic hydroxyl groups is 1. The summed E-state index contributed by atoms with van der Waals surface area (Å²) in [5, 5.41) is 49.1. The molecule has 9 heteroatoms. The number of hydrogen-bond acceptors (Lipinski definition) is 9. The van der Waals surface area contributed by atoms with E-state index in [4.69, 9.17) is 10.5 Å². The standard InChI is InChI=1S/C49H68N2O7/c1-27(18-37(54)44-48(6,58-44)35-13-9-12-33(35)29-10-8-11-31(50)21-29)41-36-14-15-40-46(4)23-34(30-19-28(26-51-7)20-32(53)22-30)43(57)45(2,3)42(46)39(56)25-49(40,16-17-52)47(36,5)24-38(41)55/h8,10-11,19-22,27,33-35,37,39-40,42,44,51-54,56H,9,12-18,23-26,50H2,1-7H3. The highest BCUT2D eigenvalue weighted by atomic mass is 16.6. The Morgan fingerprint density at radius 3 is 2.47 bits per heavy atom. The molecular formula is C49H68N2O7. The topological polar surface area (TPSA) is 166 Å². The van der Waals surface area contributed by atoms with Gasteiger partial charge in [0.15, 0.2) is 5.78 Å². The molecule has 7 N–H and O–H groups in total. The van der Waals surface area contributed by atoms with E-state index in [1.54, 1.807) is 12.1 Å². The van der Waals surface area contributed by atoms with Gasteiger partial charge >= 0.3 is 0 Å². The normalized spacial score (nSPS) is 40.2. The Labute approximate surface area is 345 Å². The molecule has 9 nitrogen and oxygen atoms in total. The van der Waals surface area contributed by atoms with E-state index in [0.717, 1.165) is 60.1 Å². The number of Topliss-reactive ketones (excluding diaryl/α,β-unsaturated/α-hetero) is 2. The van der Waals surface area contributed by atoms with E-state index in [1.165, 1.54) is 5.56 Å². The van der Waals surface area contributed by atoms with Crippen molar-refractivity contribution in [1.82, 2.24) is 5.32 Å². The summed E-state index contributed by atoms with van der Waals surface area (Å²) in [5.74, 6) is 0.0131. The number of phenolic OH excluding ortho intramolecular Hbond substituents is 1. The van der Waals surface area contributed by atoms with E-state index in [0.29, 0.717) is 44.6 Å². The van der Waals surface area contributed by atoms with Crippen molar-refractivity contribution in [2.24, 2.45) is 45.3 Å². The van der Waals surface area contributed by atoms with Gasteiger partial charge in [0.25, 0.3) is 0 Å². The predicted molar refractivity (Wildman–Crippen MR) is 225 cm³/mol. The molecule has 1 saturated heterocycles. The molecule has 1 aliphatic heterocycles. The average Bonchev–Trinajstić information content (AvgIpc) is 3.45. The number of fused-ring (bicyclic) bond motifs is 5. The van der Waals surface area contributed by atoms with Gasteiger partial charge in [-0.05, 0) is 146 Å². The number of nitrogen functional groups attached to an aromatic ring is 1. The maximum absolute atomic E-state index is 14.6. The van der Waals surface area contributed by atoms with Gasteiger partial charge in [-0.15, -0.1) is 0 Å². The van der Waals surface area contributed by atoms with Crippen LogP contribution < -0.4 is 11.1 Å². The first-order valence-corrected chi connectivity index (χ1v) is 22.1. The molecule has 13 atom stereocenters. The second-order valence-electron chi connectivity index (χ2n) is 20.8. The minimum absolute atomic E-state index is 0.0335. The lowest BCUT2D eigenvalue weighted by molar-refractivity contribution is -0.228. The van der Waals surface area contributed by atoms with Crippen LogP contribution in [0, 0.1) is 45.3 Å². The largest absolute Gasteiger partial charge is 0.508 e. The zero-order valence-corrected chi connectivity index (χ0v) is 35.8. The Hall–Kier alpha value is -3.08. The lowest BCUT2D eigenvalue weighted by atomic mass is 9.34. The van der Waals surface area contributed by atoms with E-state index < -0.39 is 45.4 Å². The van der Waals surface area contributed by atoms with Crippen molar-refractivity contribution in [3.63, 3.8) is 0 Å². The Bertz CT molecular complexity index is 1990. The molecule has 6 aliphatic rings. The quantitative estimate of drug-likeness (QED) is 0.101. The first-order valence-electron chi connectivity index (χ1n) is 22.1. The predicted octanol–water partition coefficient (Wildman–Crippen LogP) is 7.35. The molecule has 4 saturated carbocycles. The number of aliphatic hydroxyl groups excluding tert-OH is 3. The SMILES string of the molecule is CNCc1cc(O)cc(C2CC3(C)C(C(O)CC4(CCO)C3CCC3=C(C(C)CC(O)C5OC5(C)C5CCCC5c5cccc(N)c5)C(=O)CC34C)C(C)(C)C2=O)c1. The number of carbonyl (C=O) groups is 2. The molecule has 0 aromatic heterocycles.